The highest BCUT2D eigenvalue weighted by molar-refractivity contribution is 5.58. The number of anilines is 1. The number of aryl methyl sites for hydroxylation is 3. The fourth-order valence-corrected chi connectivity index (χ4v) is 2.24. The number of furan rings is 1. The fourth-order valence-electron chi connectivity index (χ4n) is 2.24. The van der Waals surface area contributed by atoms with Gasteiger partial charge in [0, 0.05) is 5.69 Å². The molecule has 0 amide bonds. The Morgan fingerprint density at radius 2 is 1.67 bits per heavy atom. The van der Waals surface area contributed by atoms with Crippen molar-refractivity contribution < 1.29 is 9.52 Å². The Labute approximate surface area is 107 Å². The van der Waals surface area contributed by atoms with E-state index in [-0.39, 0.29) is 6.61 Å². The summed E-state index contributed by atoms with van der Waals surface area (Å²) in [6.07, 6.45) is 0. The number of hydrogen-bond acceptors (Lipinski definition) is 3. The third kappa shape index (κ3) is 2.74. The molecule has 3 nitrogen and oxygen atoms in total. The molecule has 0 atom stereocenters. The van der Waals surface area contributed by atoms with E-state index in [1.54, 1.807) is 6.07 Å². The van der Waals surface area contributed by atoms with Crippen molar-refractivity contribution in [2.75, 3.05) is 5.32 Å². The van der Waals surface area contributed by atoms with Gasteiger partial charge >= 0.3 is 0 Å². The van der Waals surface area contributed by atoms with Crippen LogP contribution in [0.1, 0.15) is 28.2 Å². The van der Waals surface area contributed by atoms with E-state index in [0.29, 0.717) is 12.3 Å². The molecule has 0 aliphatic heterocycles. The third-order valence-electron chi connectivity index (χ3n) is 2.99. The first-order valence-corrected chi connectivity index (χ1v) is 6.10. The van der Waals surface area contributed by atoms with Crippen molar-refractivity contribution in [1.29, 1.82) is 0 Å². The Bertz CT molecular complexity index is 520. The van der Waals surface area contributed by atoms with Gasteiger partial charge in [-0.1, -0.05) is 17.7 Å². The first kappa shape index (κ1) is 12.7. The Kier molecular flexibility index (Phi) is 3.72. The molecule has 0 radical (unpaired) electrons. The van der Waals surface area contributed by atoms with Gasteiger partial charge in [-0.3, -0.25) is 0 Å². The minimum absolute atomic E-state index is 0.0530. The number of aliphatic hydroxyl groups excluding tert-OH is 1. The van der Waals surface area contributed by atoms with Gasteiger partial charge < -0.3 is 14.8 Å². The maximum atomic E-state index is 8.94. The summed E-state index contributed by atoms with van der Waals surface area (Å²) in [4.78, 5) is 0. The van der Waals surface area contributed by atoms with Crippen LogP contribution in [0.15, 0.2) is 28.7 Å². The Morgan fingerprint density at radius 3 is 2.22 bits per heavy atom. The molecule has 0 unspecified atom stereocenters. The van der Waals surface area contributed by atoms with Crippen molar-refractivity contribution in [3.8, 4) is 0 Å². The quantitative estimate of drug-likeness (QED) is 0.868. The topological polar surface area (TPSA) is 45.4 Å². The standard InChI is InChI=1S/C15H19NO2/c1-10-6-11(2)15(12(3)7-10)16-8-13-4-5-14(9-17)18-13/h4-7,16-17H,8-9H2,1-3H3. The highest BCUT2D eigenvalue weighted by atomic mass is 16.4. The first-order chi connectivity index (χ1) is 8.60. The summed E-state index contributed by atoms with van der Waals surface area (Å²) in [6.45, 7) is 6.88. The van der Waals surface area contributed by atoms with Crippen molar-refractivity contribution in [3.05, 3.63) is 52.5 Å². The predicted octanol–water partition coefficient (Wildman–Crippen LogP) is 3.31. The molecular formula is C15H19NO2. The van der Waals surface area contributed by atoms with Crippen molar-refractivity contribution in [1.82, 2.24) is 0 Å². The minimum Gasteiger partial charge on any atom is -0.462 e. The first-order valence-electron chi connectivity index (χ1n) is 6.10. The monoisotopic (exact) mass is 245 g/mol. The van der Waals surface area contributed by atoms with Gasteiger partial charge in [-0.2, -0.15) is 0 Å². The van der Waals surface area contributed by atoms with Crippen molar-refractivity contribution in [3.63, 3.8) is 0 Å². The Hall–Kier alpha value is -1.74. The summed E-state index contributed by atoms with van der Waals surface area (Å²) in [5.74, 6) is 1.43. The zero-order chi connectivity index (χ0) is 13.1. The normalized spacial score (nSPS) is 10.7. The van der Waals surface area contributed by atoms with Crippen LogP contribution in [0.4, 0.5) is 5.69 Å². The SMILES string of the molecule is Cc1cc(C)c(NCc2ccc(CO)o2)c(C)c1. The maximum Gasteiger partial charge on any atom is 0.129 e. The summed E-state index contributed by atoms with van der Waals surface area (Å²) in [5, 5.41) is 12.3. The van der Waals surface area contributed by atoms with Crippen LogP contribution < -0.4 is 5.32 Å². The number of aliphatic hydroxyl groups is 1. The summed E-state index contributed by atoms with van der Waals surface area (Å²) in [7, 11) is 0. The van der Waals surface area contributed by atoms with Gasteiger partial charge in [0.2, 0.25) is 0 Å². The molecule has 0 bridgehead atoms. The van der Waals surface area contributed by atoms with E-state index in [0.717, 1.165) is 11.4 Å². The molecule has 0 saturated heterocycles. The lowest BCUT2D eigenvalue weighted by molar-refractivity contribution is 0.244. The largest absolute Gasteiger partial charge is 0.462 e. The van der Waals surface area contributed by atoms with E-state index in [9.17, 15) is 0 Å². The van der Waals surface area contributed by atoms with Gasteiger partial charge in [-0.15, -0.1) is 0 Å². The lowest BCUT2D eigenvalue weighted by Crippen LogP contribution is -2.02. The average molecular weight is 245 g/mol. The van der Waals surface area contributed by atoms with E-state index in [4.69, 9.17) is 9.52 Å². The second-order valence-electron chi connectivity index (χ2n) is 4.65. The lowest BCUT2D eigenvalue weighted by Gasteiger charge is -2.12. The van der Waals surface area contributed by atoms with Gasteiger partial charge in [0.1, 0.15) is 18.1 Å². The molecular weight excluding hydrogens is 226 g/mol. The molecule has 2 rings (SSSR count). The molecule has 96 valence electrons. The second kappa shape index (κ2) is 5.27. The molecule has 0 spiro atoms. The number of rotatable bonds is 4. The highest BCUT2D eigenvalue weighted by Crippen LogP contribution is 2.22. The van der Waals surface area contributed by atoms with Gasteiger partial charge in [0.05, 0.1) is 6.54 Å². The van der Waals surface area contributed by atoms with Crippen LogP contribution in [-0.2, 0) is 13.2 Å². The fraction of sp³-hybridized carbons (Fsp3) is 0.333. The van der Waals surface area contributed by atoms with Gasteiger partial charge in [-0.25, -0.2) is 0 Å². The number of hydrogen-bond donors (Lipinski definition) is 2. The van der Waals surface area contributed by atoms with Crippen LogP contribution in [0, 0.1) is 20.8 Å². The molecule has 0 aliphatic rings. The van der Waals surface area contributed by atoms with Crippen LogP contribution in [-0.4, -0.2) is 5.11 Å². The van der Waals surface area contributed by atoms with E-state index in [1.165, 1.54) is 16.7 Å². The summed E-state index contributed by atoms with van der Waals surface area (Å²) in [6, 6.07) is 8.01. The molecule has 0 fully saturated rings. The van der Waals surface area contributed by atoms with E-state index >= 15 is 0 Å². The molecule has 3 heteroatoms. The molecule has 1 heterocycles. The minimum atomic E-state index is -0.0530. The lowest BCUT2D eigenvalue weighted by atomic mass is 10.1. The molecule has 2 N–H and O–H groups in total. The van der Waals surface area contributed by atoms with Crippen LogP contribution >= 0.6 is 0 Å². The molecule has 0 saturated carbocycles. The zero-order valence-corrected chi connectivity index (χ0v) is 11.1. The van der Waals surface area contributed by atoms with Crippen LogP contribution in [0.3, 0.4) is 0 Å². The molecule has 18 heavy (non-hydrogen) atoms. The van der Waals surface area contributed by atoms with Crippen molar-refractivity contribution in [2.24, 2.45) is 0 Å². The summed E-state index contributed by atoms with van der Waals surface area (Å²) < 4.78 is 5.45. The molecule has 1 aromatic heterocycles. The average Bonchev–Trinajstić information content (AvgIpc) is 2.75. The van der Waals surface area contributed by atoms with Gasteiger partial charge in [0.25, 0.3) is 0 Å². The smallest absolute Gasteiger partial charge is 0.129 e. The summed E-state index contributed by atoms with van der Waals surface area (Å²) in [5.41, 5.74) is 4.90. The van der Waals surface area contributed by atoms with Gasteiger partial charge in [-0.05, 0) is 44.0 Å². The van der Waals surface area contributed by atoms with E-state index < -0.39 is 0 Å². The molecule has 2 aromatic rings. The van der Waals surface area contributed by atoms with E-state index in [2.05, 4.69) is 38.2 Å². The van der Waals surface area contributed by atoms with Crippen molar-refractivity contribution in [2.45, 2.75) is 33.9 Å². The zero-order valence-electron chi connectivity index (χ0n) is 11.1. The van der Waals surface area contributed by atoms with Crippen molar-refractivity contribution >= 4 is 5.69 Å². The molecule has 1 aromatic carbocycles. The van der Waals surface area contributed by atoms with Crippen LogP contribution in [0.5, 0.6) is 0 Å². The highest BCUT2D eigenvalue weighted by Gasteiger charge is 2.05. The predicted molar refractivity (Wildman–Crippen MR) is 72.6 cm³/mol. The number of nitrogens with one attached hydrogen (secondary N) is 1. The second-order valence-corrected chi connectivity index (χ2v) is 4.65. The summed E-state index contributed by atoms with van der Waals surface area (Å²) >= 11 is 0. The Balaban J connectivity index is 2.10. The van der Waals surface area contributed by atoms with Gasteiger partial charge in [0.15, 0.2) is 0 Å². The van der Waals surface area contributed by atoms with E-state index in [1.807, 2.05) is 6.07 Å². The third-order valence-corrected chi connectivity index (χ3v) is 2.99. The van der Waals surface area contributed by atoms with Crippen LogP contribution in [0.2, 0.25) is 0 Å². The number of benzene rings is 1. The maximum absolute atomic E-state index is 8.94. The Morgan fingerprint density at radius 1 is 1.06 bits per heavy atom. The molecule has 0 aliphatic carbocycles. The van der Waals surface area contributed by atoms with Crippen LogP contribution in [0.25, 0.3) is 0 Å².